The summed E-state index contributed by atoms with van der Waals surface area (Å²) in [6.45, 7) is 1.74. The van der Waals surface area contributed by atoms with Gasteiger partial charge in [-0.25, -0.2) is 4.79 Å². The van der Waals surface area contributed by atoms with Crippen LogP contribution in [0.4, 0.5) is 5.69 Å². The van der Waals surface area contributed by atoms with Crippen LogP contribution in [0, 0.1) is 0 Å². The molecule has 34 heavy (non-hydrogen) atoms. The number of esters is 1. The van der Waals surface area contributed by atoms with Gasteiger partial charge in [0.15, 0.2) is 0 Å². The Hall–Kier alpha value is -3.84. The van der Waals surface area contributed by atoms with Gasteiger partial charge in [-0.3, -0.25) is 9.59 Å². The summed E-state index contributed by atoms with van der Waals surface area (Å²) in [5.74, 6) is -0.208. The van der Waals surface area contributed by atoms with Crippen LogP contribution in [0.5, 0.6) is 5.75 Å². The molecular weight excluding hydrogens is 456 g/mol. The second-order valence-corrected chi connectivity index (χ2v) is 8.34. The molecule has 1 aliphatic heterocycles. The first kappa shape index (κ1) is 23.3. The Bertz CT molecular complexity index is 1260. The van der Waals surface area contributed by atoms with Gasteiger partial charge in [0, 0.05) is 30.2 Å². The molecule has 0 saturated heterocycles. The Kier molecular flexibility index (Phi) is 6.84. The molecule has 1 atom stereocenters. The number of methoxy groups -OCH3 is 1. The van der Waals surface area contributed by atoms with E-state index in [0.717, 1.165) is 16.7 Å². The van der Waals surface area contributed by atoms with Crippen LogP contribution in [0.25, 0.3) is 11.1 Å². The van der Waals surface area contributed by atoms with E-state index in [1.165, 1.54) is 14.0 Å². The number of hydrogen-bond acceptors (Lipinski definition) is 5. The van der Waals surface area contributed by atoms with E-state index in [1.807, 2.05) is 12.1 Å². The minimum atomic E-state index is -0.405. The average molecular weight is 479 g/mol. The quantitative estimate of drug-likeness (QED) is 0.509. The normalized spacial score (nSPS) is 14.0. The number of fused-ring (bicyclic) bond motifs is 1. The van der Waals surface area contributed by atoms with E-state index < -0.39 is 5.97 Å². The van der Waals surface area contributed by atoms with Crippen LogP contribution in [0.15, 0.2) is 60.7 Å². The largest absolute Gasteiger partial charge is 0.486 e. The number of rotatable bonds is 6. The summed E-state index contributed by atoms with van der Waals surface area (Å²) in [6, 6.07) is 17.6. The van der Waals surface area contributed by atoms with E-state index in [9.17, 15) is 14.4 Å². The maximum Gasteiger partial charge on any atom is 0.337 e. The number of anilines is 1. The molecule has 7 nitrogen and oxygen atoms in total. The van der Waals surface area contributed by atoms with Crippen molar-refractivity contribution in [3.8, 4) is 16.9 Å². The highest BCUT2D eigenvalue weighted by atomic mass is 35.5. The minimum Gasteiger partial charge on any atom is -0.486 e. The van der Waals surface area contributed by atoms with Crippen molar-refractivity contribution in [2.45, 2.75) is 19.4 Å². The van der Waals surface area contributed by atoms with Crippen molar-refractivity contribution >= 4 is 35.1 Å². The lowest BCUT2D eigenvalue weighted by molar-refractivity contribution is -0.114. The van der Waals surface area contributed by atoms with Crippen molar-refractivity contribution in [1.29, 1.82) is 0 Å². The van der Waals surface area contributed by atoms with Crippen molar-refractivity contribution in [2.24, 2.45) is 0 Å². The van der Waals surface area contributed by atoms with Gasteiger partial charge in [0.2, 0.25) is 5.91 Å². The second kappa shape index (κ2) is 9.97. The number of halogens is 1. The molecule has 2 amide bonds. The van der Waals surface area contributed by atoms with Gasteiger partial charge in [-0.1, -0.05) is 23.7 Å². The fourth-order valence-electron chi connectivity index (χ4n) is 3.83. The zero-order chi connectivity index (χ0) is 24.2. The Morgan fingerprint density at radius 1 is 1.03 bits per heavy atom. The van der Waals surface area contributed by atoms with E-state index in [0.29, 0.717) is 40.6 Å². The zero-order valence-corrected chi connectivity index (χ0v) is 19.4. The third-order valence-electron chi connectivity index (χ3n) is 5.43. The number of hydrogen-bond donors (Lipinski definition) is 2. The highest BCUT2D eigenvalue weighted by Gasteiger charge is 2.26. The first-order valence-electron chi connectivity index (χ1n) is 10.7. The number of benzene rings is 3. The molecule has 4 rings (SSSR count). The van der Waals surface area contributed by atoms with Crippen molar-refractivity contribution in [3.63, 3.8) is 0 Å². The molecule has 1 aliphatic rings. The number of carbonyl (C=O) groups is 3. The molecule has 8 heteroatoms. The van der Waals surface area contributed by atoms with Crippen molar-refractivity contribution in [3.05, 3.63) is 82.4 Å². The first-order chi connectivity index (χ1) is 16.3. The summed E-state index contributed by atoms with van der Waals surface area (Å²) in [6.07, 6.45) is 0.327. The van der Waals surface area contributed by atoms with E-state index in [1.54, 1.807) is 48.5 Å². The Morgan fingerprint density at radius 2 is 1.79 bits per heavy atom. The number of amides is 2. The maximum atomic E-state index is 12.5. The van der Waals surface area contributed by atoms with Crippen LogP contribution in [-0.2, 0) is 16.0 Å². The molecule has 0 aromatic heterocycles. The van der Waals surface area contributed by atoms with Gasteiger partial charge in [0.1, 0.15) is 11.9 Å². The molecule has 0 saturated carbocycles. The van der Waals surface area contributed by atoms with Gasteiger partial charge in [-0.2, -0.15) is 0 Å². The van der Waals surface area contributed by atoms with Crippen molar-refractivity contribution in [1.82, 2.24) is 5.32 Å². The molecule has 0 aliphatic carbocycles. The van der Waals surface area contributed by atoms with Gasteiger partial charge in [-0.05, 0) is 59.7 Å². The van der Waals surface area contributed by atoms with Crippen LogP contribution in [0.1, 0.15) is 33.2 Å². The summed E-state index contributed by atoms with van der Waals surface area (Å²) < 4.78 is 10.8. The predicted molar refractivity (Wildman–Crippen MR) is 129 cm³/mol. The number of carbonyl (C=O) groups excluding carboxylic acids is 3. The van der Waals surface area contributed by atoms with E-state index >= 15 is 0 Å². The lowest BCUT2D eigenvalue weighted by Crippen LogP contribution is -2.34. The molecule has 174 valence electrons. The number of ether oxygens (including phenoxy) is 2. The summed E-state index contributed by atoms with van der Waals surface area (Å²) in [7, 11) is 1.35. The van der Waals surface area contributed by atoms with Crippen LogP contribution in [0.3, 0.4) is 0 Å². The van der Waals surface area contributed by atoms with Crippen LogP contribution in [0.2, 0.25) is 5.02 Å². The van der Waals surface area contributed by atoms with E-state index in [-0.39, 0.29) is 17.9 Å². The average Bonchev–Trinajstić information content (AvgIpc) is 3.26. The van der Waals surface area contributed by atoms with Gasteiger partial charge in [-0.15, -0.1) is 0 Å². The smallest absolute Gasteiger partial charge is 0.337 e. The molecule has 1 heterocycles. The predicted octanol–water partition coefficient (Wildman–Crippen LogP) is 4.49. The first-order valence-corrected chi connectivity index (χ1v) is 11.1. The van der Waals surface area contributed by atoms with Crippen LogP contribution >= 0.6 is 11.6 Å². The van der Waals surface area contributed by atoms with Gasteiger partial charge in [0.05, 0.1) is 24.2 Å². The zero-order valence-electron chi connectivity index (χ0n) is 18.7. The van der Waals surface area contributed by atoms with Gasteiger partial charge < -0.3 is 20.1 Å². The lowest BCUT2D eigenvalue weighted by atomic mass is 9.99. The molecule has 3 aromatic rings. The highest BCUT2D eigenvalue weighted by Crippen LogP contribution is 2.39. The summed E-state index contributed by atoms with van der Waals surface area (Å²) in [5.41, 5.74) is 4.20. The Labute approximate surface area is 202 Å². The van der Waals surface area contributed by atoms with Crippen molar-refractivity contribution < 1.29 is 23.9 Å². The number of nitrogens with one attached hydrogen (secondary N) is 2. The van der Waals surface area contributed by atoms with Crippen molar-refractivity contribution in [2.75, 3.05) is 19.0 Å². The van der Waals surface area contributed by atoms with Crippen LogP contribution < -0.4 is 15.4 Å². The van der Waals surface area contributed by atoms with E-state index in [4.69, 9.17) is 21.1 Å². The van der Waals surface area contributed by atoms with Crippen LogP contribution in [-0.4, -0.2) is 37.5 Å². The molecule has 0 radical (unpaired) electrons. The van der Waals surface area contributed by atoms with Gasteiger partial charge in [0.25, 0.3) is 5.91 Å². The molecular formula is C26H23ClN2O5. The molecule has 0 unspecified atom stereocenters. The monoisotopic (exact) mass is 478 g/mol. The molecule has 0 fully saturated rings. The Morgan fingerprint density at radius 3 is 2.50 bits per heavy atom. The lowest BCUT2D eigenvalue weighted by Gasteiger charge is -2.13. The third kappa shape index (κ3) is 5.21. The molecule has 2 N–H and O–H groups in total. The second-order valence-electron chi connectivity index (χ2n) is 7.93. The summed E-state index contributed by atoms with van der Waals surface area (Å²) in [4.78, 5) is 35.5. The maximum absolute atomic E-state index is 12.5. The molecule has 3 aromatic carbocycles. The highest BCUT2D eigenvalue weighted by molar-refractivity contribution is 6.32. The Balaban J connectivity index is 1.42. The summed E-state index contributed by atoms with van der Waals surface area (Å²) >= 11 is 6.50. The topological polar surface area (TPSA) is 93.7 Å². The third-order valence-corrected chi connectivity index (χ3v) is 5.71. The standard InChI is InChI=1S/C26H23ClN2O5/c1-15(30)29-21-8-6-16(7-9-21)25(31)28-14-22-12-20-11-19(13-23(27)24(20)34-22)17-4-3-5-18(10-17)26(32)33-2/h3-11,13,22H,12,14H2,1-2H3,(H,28,31)(H,29,30)/t22-/m0/s1. The van der Waals surface area contributed by atoms with E-state index in [2.05, 4.69) is 10.6 Å². The fraction of sp³-hybridized carbons (Fsp3) is 0.192. The van der Waals surface area contributed by atoms with Gasteiger partial charge >= 0.3 is 5.97 Å². The fourth-order valence-corrected chi connectivity index (χ4v) is 4.11. The molecule has 0 spiro atoms. The summed E-state index contributed by atoms with van der Waals surface area (Å²) in [5, 5.41) is 6.02. The molecule has 0 bridgehead atoms. The minimum absolute atomic E-state index is 0.173. The SMILES string of the molecule is COC(=O)c1cccc(-c2cc(Cl)c3c(c2)C[C@@H](CNC(=O)c2ccc(NC(C)=O)cc2)O3)c1.